The van der Waals surface area contributed by atoms with Crippen molar-refractivity contribution < 1.29 is 14.6 Å². The molecule has 1 N–H and O–H groups in total. The lowest BCUT2D eigenvalue weighted by Crippen LogP contribution is -2.60. The highest BCUT2D eigenvalue weighted by Gasteiger charge is 2.48. The molecule has 2 fully saturated rings. The van der Waals surface area contributed by atoms with Crippen LogP contribution in [0.4, 0.5) is 0 Å². The van der Waals surface area contributed by atoms with Gasteiger partial charge in [0.15, 0.2) is 0 Å². The van der Waals surface area contributed by atoms with Gasteiger partial charge in [-0.15, -0.1) is 0 Å². The van der Waals surface area contributed by atoms with E-state index in [1.54, 1.807) is 0 Å². The average Bonchev–Trinajstić information content (AvgIpc) is 2.99. The molecule has 0 radical (unpaired) electrons. The summed E-state index contributed by atoms with van der Waals surface area (Å²) in [6, 6.07) is 7.43. The molecular weight excluding hydrogens is 314 g/mol. The number of nitrogens with zero attached hydrogens (tertiary/aromatic N) is 1. The molecule has 1 aromatic rings. The fourth-order valence-electron chi connectivity index (χ4n) is 3.71. The van der Waals surface area contributed by atoms with Gasteiger partial charge >= 0.3 is 0 Å². The van der Waals surface area contributed by atoms with Crippen LogP contribution >= 0.6 is 11.6 Å². The van der Waals surface area contributed by atoms with Gasteiger partial charge in [0.2, 0.25) is 5.91 Å². The molecule has 2 atom stereocenters. The molecule has 1 amide bonds. The molecule has 23 heavy (non-hydrogen) atoms. The number of rotatable bonds is 2. The molecule has 126 valence electrons. The first kappa shape index (κ1) is 16.7. The second kappa shape index (κ2) is 6.08. The predicted octanol–water partition coefficient (Wildman–Crippen LogP) is 2.76. The van der Waals surface area contributed by atoms with Crippen LogP contribution in [0.25, 0.3) is 0 Å². The molecule has 1 spiro atoms. The van der Waals surface area contributed by atoms with Crippen LogP contribution in [0.2, 0.25) is 5.02 Å². The monoisotopic (exact) mass is 337 g/mol. The Balaban J connectivity index is 1.80. The molecule has 2 aliphatic heterocycles. The number of benzene rings is 1. The predicted molar refractivity (Wildman–Crippen MR) is 89.6 cm³/mol. The summed E-state index contributed by atoms with van der Waals surface area (Å²) in [6.45, 7) is 5.59. The lowest BCUT2D eigenvalue weighted by Gasteiger charge is -2.45. The molecular formula is C18H24ClNO3. The van der Waals surface area contributed by atoms with Crippen molar-refractivity contribution >= 4 is 17.5 Å². The first-order valence-corrected chi connectivity index (χ1v) is 8.60. The summed E-state index contributed by atoms with van der Waals surface area (Å²) in [5.41, 5.74) is -0.254. The molecule has 0 unspecified atom stereocenters. The summed E-state index contributed by atoms with van der Waals surface area (Å²) in [5, 5.41) is 11.0. The first-order valence-electron chi connectivity index (χ1n) is 8.23. The minimum absolute atomic E-state index is 0.0709. The van der Waals surface area contributed by atoms with Crippen molar-refractivity contribution in [1.82, 2.24) is 4.90 Å². The number of aliphatic hydroxyl groups excluding tert-OH is 1. The van der Waals surface area contributed by atoms with Crippen molar-refractivity contribution in [3.63, 3.8) is 0 Å². The van der Waals surface area contributed by atoms with Crippen LogP contribution in [0.5, 0.6) is 0 Å². The van der Waals surface area contributed by atoms with Gasteiger partial charge in [0, 0.05) is 18.2 Å². The maximum atomic E-state index is 13.1. The van der Waals surface area contributed by atoms with E-state index in [0.29, 0.717) is 31.1 Å². The highest BCUT2D eigenvalue weighted by atomic mass is 35.5. The number of ether oxygens (including phenoxy) is 1. The maximum Gasteiger partial charge on any atom is 0.232 e. The Morgan fingerprint density at radius 2 is 2.09 bits per heavy atom. The lowest BCUT2D eigenvalue weighted by atomic mass is 9.81. The average molecular weight is 338 g/mol. The van der Waals surface area contributed by atoms with Crippen molar-refractivity contribution in [2.24, 2.45) is 0 Å². The molecule has 0 aromatic heterocycles. The number of likely N-dealkylation sites (tertiary alicyclic amines) is 1. The zero-order chi connectivity index (χ0) is 16.7. The highest BCUT2D eigenvalue weighted by Crippen LogP contribution is 2.37. The first-order chi connectivity index (χ1) is 10.8. The molecule has 1 aromatic carbocycles. The number of carbonyl (C=O) groups excluding carboxylic acids is 1. The molecule has 0 aliphatic carbocycles. The third-order valence-electron chi connectivity index (χ3n) is 5.26. The van der Waals surface area contributed by atoms with Crippen LogP contribution in [-0.4, -0.2) is 47.3 Å². The van der Waals surface area contributed by atoms with Gasteiger partial charge in [0.25, 0.3) is 0 Å². The Kier molecular flexibility index (Phi) is 4.43. The summed E-state index contributed by atoms with van der Waals surface area (Å²) >= 11 is 5.95. The largest absolute Gasteiger partial charge is 0.390 e. The van der Waals surface area contributed by atoms with Crippen LogP contribution in [0.15, 0.2) is 24.3 Å². The normalized spacial score (nSPS) is 28.3. The summed E-state index contributed by atoms with van der Waals surface area (Å²) in [7, 11) is 0. The number of hydrogen-bond donors (Lipinski definition) is 1. The van der Waals surface area contributed by atoms with Crippen LogP contribution in [0.1, 0.15) is 38.7 Å². The minimum atomic E-state index is -0.632. The van der Waals surface area contributed by atoms with E-state index in [0.717, 1.165) is 18.4 Å². The third-order valence-corrected chi connectivity index (χ3v) is 5.51. The number of carbonyl (C=O) groups is 1. The Hall–Kier alpha value is -1.10. The molecule has 2 heterocycles. The van der Waals surface area contributed by atoms with Crippen molar-refractivity contribution in [3.05, 3.63) is 34.9 Å². The Labute approximate surface area is 142 Å². The fraction of sp³-hybridized carbons (Fsp3) is 0.611. The van der Waals surface area contributed by atoms with Gasteiger partial charge in [0.05, 0.1) is 18.1 Å². The zero-order valence-corrected chi connectivity index (χ0v) is 14.5. The Bertz CT molecular complexity index is 578. The maximum absolute atomic E-state index is 13.1. The number of halogens is 1. The van der Waals surface area contributed by atoms with Crippen molar-refractivity contribution in [3.8, 4) is 0 Å². The molecule has 5 heteroatoms. The SMILES string of the molecule is CC(C)(C(=O)N1CC[C@H](O)[C@]2(CCCO2)C1)c1ccc(Cl)cc1. The number of aliphatic hydroxyl groups is 1. The van der Waals surface area contributed by atoms with Crippen LogP contribution in [-0.2, 0) is 14.9 Å². The van der Waals surface area contributed by atoms with E-state index in [9.17, 15) is 9.90 Å². The number of hydrogen-bond acceptors (Lipinski definition) is 3. The van der Waals surface area contributed by atoms with Crippen molar-refractivity contribution in [2.75, 3.05) is 19.7 Å². The standard InChI is InChI=1S/C18H24ClNO3/c1-17(2,13-4-6-14(19)7-5-13)16(22)20-10-8-15(21)18(12-20)9-3-11-23-18/h4-7,15,21H,3,8-12H2,1-2H3/t15-,18-/m0/s1. The van der Waals surface area contributed by atoms with Gasteiger partial charge in [-0.2, -0.15) is 0 Å². The molecule has 2 aliphatic rings. The molecule has 2 saturated heterocycles. The van der Waals surface area contributed by atoms with E-state index in [1.165, 1.54) is 0 Å². The van der Waals surface area contributed by atoms with E-state index in [2.05, 4.69) is 0 Å². The van der Waals surface area contributed by atoms with Gasteiger partial charge in [0.1, 0.15) is 5.60 Å². The van der Waals surface area contributed by atoms with E-state index >= 15 is 0 Å². The highest BCUT2D eigenvalue weighted by molar-refractivity contribution is 6.30. The van der Waals surface area contributed by atoms with Gasteiger partial charge in [-0.3, -0.25) is 4.79 Å². The van der Waals surface area contributed by atoms with Crippen LogP contribution in [0, 0.1) is 0 Å². The van der Waals surface area contributed by atoms with Crippen molar-refractivity contribution in [1.29, 1.82) is 0 Å². The second-order valence-electron chi connectivity index (χ2n) is 7.18. The van der Waals surface area contributed by atoms with Gasteiger partial charge < -0.3 is 14.7 Å². The van der Waals surface area contributed by atoms with E-state index < -0.39 is 17.1 Å². The summed E-state index contributed by atoms with van der Waals surface area (Å²) < 4.78 is 5.85. The molecule has 0 saturated carbocycles. The zero-order valence-electron chi connectivity index (χ0n) is 13.7. The molecule has 3 rings (SSSR count). The van der Waals surface area contributed by atoms with Crippen LogP contribution in [0.3, 0.4) is 0 Å². The summed E-state index contributed by atoms with van der Waals surface area (Å²) in [6.07, 6.45) is 1.86. The molecule has 4 nitrogen and oxygen atoms in total. The van der Waals surface area contributed by atoms with Gasteiger partial charge in [-0.1, -0.05) is 23.7 Å². The quantitative estimate of drug-likeness (QED) is 0.902. The number of piperidine rings is 1. The van der Waals surface area contributed by atoms with E-state index in [4.69, 9.17) is 16.3 Å². The van der Waals surface area contributed by atoms with Crippen molar-refractivity contribution in [2.45, 2.75) is 50.2 Å². The topological polar surface area (TPSA) is 49.8 Å². The Morgan fingerprint density at radius 1 is 1.39 bits per heavy atom. The Morgan fingerprint density at radius 3 is 2.70 bits per heavy atom. The molecule has 0 bridgehead atoms. The second-order valence-corrected chi connectivity index (χ2v) is 7.62. The minimum Gasteiger partial charge on any atom is -0.390 e. The summed E-state index contributed by atoms with van der Waals surface area (Å²) in [5.74, 6) is 0.0709. The van der Waals surface area contributed by atoms with E-state index in [-0.39, 0.29) is 5.91 Å². The van der Waals surface area contributed by atoms with E-state index in [1.807, 2.05) is 43.0 Å². The summed E-state index contributed by atoms with van der Waals surface area (Å²) in [4.78, 5) is 15.0. The van der Waals surface area contributed by atoms with Gasteiger partial charge in [-0.05, 0) is 50.8 Å². The smallest absolute Gasteiger partial charge is 0.232 e. The number of amides is 1. The fourth-order valence-corrected chi connectivity index (χ4v) is 3.84. The van der Waals surface area contributed by atoms with Gasteiger partial charge in [-0.25, -0.2) is 0 Å². The lowest BCUT2D eigenvalue weighted by molar-refractivity contribution is -0.158. The van der Waals surface area contributed by atoms with Crippen LogP contribution < -0.4 is 0 Å². The third kappa shape index (κ3) is 3.00.